The Hall–Kier alpha value is -2.05. The van der Waals surface area contributed by atoms with Crippen LogP contribution in [0.2, 0.25) is 0 Å². The van der Waals surface area contributed by atoms with E-state index in [1.165, 1.54) is 11.1 Å². The minimum absolute atomic E-state index is 0.177. The maximum absolute atomic E-state index is 13.2. The minimum atomic E-state index is 0.177. The number of hydrogen-bond donors (Lipinski definition) is 1. The first kappa shape index (κ1) is 22.2. The van der Waals surface area contributed by atoms with Crippen molar-refractivity contribution >= 4 is 19.2 Å². The number of amides is 1. The molecule has 1 N–H and O–H groups in total. The fourth-order valence-corrected chi connectivity index (χ4v) is 5.02. The summed E-state index contributed by atoms with van der Waals surface area (Å²) in [6.45, 7) is 10.8. The summed E-state index contributed by atoms with van der Waals surface area (Å²) in [4.78, 5) is 20.2. The van der Waals surface area contributed by atoms with E-state index in [0.717, 1.165) is 64.1 Å². The highest BCUT2D eigenvalue weighted by molar-refractivity contribution is 6.33. The summed E-state index contributed by atoms with van der Waals surface area (Å²) in [5.74, 6) is 0.538. The summed E-state index contributed by atoms with van der Waals surface area (Å²) in [6.07, 6.45) is 8.45. The van der Waals surface area contributed by atoms with E-state index < -0.39 is 0 Å². The molecule has 3 aliphatic rings. The molecule has 0 saturated carbocycles. The standard InChI is InChI=1S/C25H35BN4O/c1-19-15-21(7-10-27-19)17-28-11-8-22(9-12-28)25(31)30-14-13-29(20(2)16-30)18-23-5-3-4-6-24(23)26/h3-7,10,15,19-20,22,27H,8-9,11-14,16-18H2,1-2H3/t19-,20-/m1/s1. The number of piperazine rings is 1. The molecule has 0 aliphatic carbocycles. The van der Waals surface area contributed by atoms with E-state index in [1.54, 1.807) is 0 Å². The second-order valence-corrected chi connectivity index (χ2v) is 9.38. The van der Waals surface area contributed by atoms with Crippen LogP contribution in [-0.2, 0) is 11.3 Å². The first-order valence-electron chi connectivity index (χ1n) is 11.7. The zero-order valence-corrected chi connectivity index (χ0v) is 19.0. The summed E-state index contributed by atoms with van der Waals surface area (Å²) < 4.78 is 0. The van der Waals surface area contributed by atoms with E-state index in [-0.39, 0.29) is 5.92 Å². The average Bonchev–Trinajstić information content (AvgIpc) is 2.77. The van der Waals surface area contributed by atoms with E-state index in [0.29, 0.717) is 18.0 Å². The van der Waals surface area contributed by atoms with Crippen LogP contribution in [-0.4, -0.2) is 79.8 Å². The Labute approximate surface area is 188 Å². The Morgan fingerprint density at radius 1 is 1.10 bits per heavy atom. The number of piperidine rings is 1. The Balaban J connectivity index is 1.24. The van der Waals surface area contributed by atoms with E-state index >= 15 is 0 Å². The first-order valence-corrected chi connectivity index (χ1v) is 11.7. The number of likely N-dealkylation sites (tertiary alicyclic amines) is 1. The number of carbonyl (C=O) groups is 1. The van der Waals surface area contributed by atoms with Gasteiger partial charge in [0, 0.05) is 50.7 Å². The van der Waals surface area contributed by atoms with Crippen molar-refractivity contribution in [3.05, 3.63) is 53.8 Å². The number of nitrogens with one attached hydrogen (secondary N) is 1. The molecular weight excluding hydrogens is 383 g/mol. The maximum Gasteiger partial charge on any atom is 0.225 e. The summed E-state index contributed by atoms with van der Waals surface area (Å²) in [5, 5.41) is 3.30. The van der Waals surface area contributed by atoms with Crippen molar-refractivity contribution in [1.82, 2.24) is 20.0 Å². The molecule has 1 amide bonds. The molecule has 31 heavy (non-hydrogen) atoms. The van der Waals surface area contributed by atoms with Crippen molar-refractivity contribution in [3.63, 3.8) is 0 Å². The third-order valence-corrected chi connectivity index (χ3v) is 6.97. The molecule has 1 aromatic rings. The highest BCUT2D eigenvalue weighted by atomic mass is 16.2. The van der Waals surface area contributed by atoms with Crippen molar-refractivity contribution < 1.29 is 4.79 Å². The van der Waals surface area contributed by atoms with Gasteiger partial charge in [0.2, 0.25) is 5.91 Å². The van der Waals surface area contributed by atoms with Gasteiger partial charge in [-0.15, -0.1) is 0 Å². The van der Waals surface area contributed by atoms with Crippen LogP contribution in [0.4, 0.5) is 0 Å². The quantitative estimate of drug-likeness (QED) is 0.739. The molecule has 164 valence electrons. The van der Waals surface area contributed by atoms with Gasteiger partial charge in [0.15, 0.2) is 0 Å². The van der Waals surface area contributed by atoms with Crippen LogP contribution in [0.1, 0.15) is 32.3 Å². The summed E-state index contributed by atoms with van der Waals surface area (Å²) in [6, 6.07) is 8.83. The van der Waals surface area contributed by atoms with Gasteiger partial charge in [0.25, 0.3) is 0 Å². The maximum atomic E-state index is 13.2. The number of nitrogens with zero attached hydrogens (tertiary/aromatic N) is 3. The molecule has 2 radical (unpaired) electrons. The van der Waals surface area contributed by atoms with Crippen molar-refractivity contribution in [1.29, 1.82) is 0 Å². The van der Waals surface area contributed by atoms with Gasteiger partial charge in [-0.2, -0.15) is 0 Å². The zero-order valence-electron chi connectivity index (χ0n) is 19.0. The molecule has 2 atom stereocenters. The van der Waals surface area contributed by atoms with E-state index in [1.807, 2.05) is 24.4 Å². The lowest BCUT2D eigenvalue weighted by molar-refractivity contribution is -0.140. The lowest BCUT2D eigenvalue weighted by Gasteiger charge is -2.42. The monoisotopic (exact) mass is 418 g/mol. The minimum Gasteiger partial charge on any atom is -0.385 e. The number of carbonyl (C=O) groups excluding carboxylic acids is 1. The fraction of sp³-hybridized carbons (Fsp3) is 0.560. The van der Waals surface area contributed by atoms with Crippen LogP contribution in [0.3, 0.4) is 0 Å². The molecular formula is C25H35BN4O. The number of benzene rings is 1. The molecule has 5 nitrogen and oxygen atoms in total. The van der Waals surface area contributed by atoms with Crippen molar-refractivity contribution in [2.24, 2.45) is 5.92 Å². The first-order chi connectivity index (χ1) is 15.0. The smallest absolute Gasteiger partial charge is 0.225 e. The van der Waals surface area contributed by atoms with Crippen LogP contribution in [0, 0.1) is 5.92 Å². The normalized spacial score (nSPS) is 25.9. The molecule has 3 aliphatic heterocycles. The van der Waals surface area contributed by atoms with Crippen LogP contribution in [0.15, 0.2) is 48.2 Å². The fourth-order valence-electron chi connectivity index (χ4n) is 5.02. The Morgan fingerprint density at radius 2 is 1.87 bits per heavy atom. The van der Waals surface area contributed by atoms with Crippen LogP contribution < -0.4 is 10.8 Å². The third-order valence-electron chi connectivity index (χ3n) is 6.97. The molecule has 3 heterocycles. The van der Waals surface area contributed by atoms with Crippen LogP contribution >= 0.6 is 0 Å². The van der Waals surface area contributed by atoms with Crippen molar-refractivity contribution in [2.75, 3.05) is 39.3 Å². The lowest BCUT2D eigenvalue weighted by atomic mass is 9.90. The zero-order chi connectivity index (χ0) is 21.8. The summed E-state index contributed by atoms with van der Waals surface area (Å²) in [7, 11) is 6.13. The van der Waals surface area contributed by atoms with Gasteiger partial charge in [-0.05, 0) is 63.2 Å². The van der Waals surface area contributed by atoms with Gasteiger partial charge >= 0.3 is 0 Å². The van der Waals surface area contributed by atoms with Gasteiger partial charge < -0.3 is 10.2 Å². The molecule has 0 aromatic heterocycles. The highest BCUT2D eigenvalue weighted by Gasteiger charge is 2.32. The lowest BCUT2D eigenvalue weighted by Crippen LogP contribution is -2.55. The van der Waals surface area contributed by atoms with Gasteiger partial charge in [-0.1, -0.05) is 35.8 Å². The molecule has 0 unspecified atom stereocenters. The average molecular weight is 418 g/mol. The Bertz CT molecular complexity index is 831. The van der Waals surface area contributed by atoms with E-state index in [9.17, 15) is 4.79 Å². The van der Waals surface area contributed by atoms with Crippen LogP contribution in [0.25, 0.3) is 0 Å². The molecule has 2 fully saturated rings. The summed E-state index contributed by atoms with van der Waals surface area (Å²) >= 11 is 0. The number of hydrogen-bond acceptors (Lipinski definition) is 4. The van der Waals surface area contributed by atoms with Crippen LogP contribution in [0.5, 0.6) is 0 Å². The van der Waals surface area contributed by atoms with E-state index in [2.05, 4.69) is 52.1 Å². The molecule has 2 saturated heterocycles. The Kier molecular flexibility index (Phi) is 7.18. The summed E-state index contributed by atoms with van der Waals surface area (Å²) in [5.41, 5.74) is 3.40. The van der Waals surface area contributed by atoms with E-state index in [4.69, 9.17) is 7.85 Å². The second-order valence-electron chi connectivity index (χ2n) is 9.38. The topological polar surface area (TPSA) is 38.8 Å². The second kappa shape index (κ2) is 10.1. The molecule has 4 rings (SSSR count). The predicted molar refractivity (Wildman–Crippen MR) is 127 cm³/mol. The SMILES string of the molecule is [B]c1ccccc1CN1CCN(C(=O)C2CCN(CC3=C[C@@H](C)NC=C3)CC2)C[C@H]1C. The molecule has 0 bridgehead atoms. The molecule has 0 spiro atoms. The van der Waals surface area contributed by atoms with Crippen molar-refractivity contribution in [2.45, 2.75) is 45.3 Å². The van der Waals surface area contributed by atoms with Gasteiger partial charge in [-0.3, -0.25) is 14.6 Å². The Morgan fingerprint density at radius 3 is 2.58 bits per heavy atom. The van der Waals surface area contributed by atoms with Crippen molar-refractivity contribution in [3.8, 4) is 0 Å². The number of rotatable bonds is 5. The third kappa shape index (κ3) is 5.61. The van der Waals surface area contributed by atoms with Gasteiger partial charge in [0.1, 0.15) is 7.85 Å². The molecule has 1 aromatic carbocycles. The molecule has 6 heteroatoms. The highest BCUT2D eigenvalue weighted by Crippen LogP contribution is 2.23. The largest absolute Gasteiger partial charge is 0.385 e. The van der Waals surface area contributed by atoms with Gasteiger partial charge in [-0.25, -0.2) is 0 Å². The predicted octanol–water partition coefficient (Wildman–Crippen LogP) is 1.66. The van der Waals surface area contributed by atoms with Gasteiger partial charge in [0.05, 0.1) is 0 Å². The number of dihydropyridines is 1.